The summed E-state index contributed by atoms with van der Waals surface area (Å²) >= 11 is 14.3. The molecule has 0 bridgehead atoms. The molecule has 0 aliphatic carbocycles. The number of nitro benzene ring substituents is 1. The number of hydrogen-bond acceptors (Lipinski definition) is 7. The van der Waals surface area contributed by atoms with Crippen LogP contribution in [0.15, 0.2) is 65.8 Å². The van der Waals surface area contributed by atoms with E-state index in [1.165, 1.54) is 17.8 Å². The molecule has 1 aromatic heterocycles. The monoisotopic (exact) mass is 571 g/mol. The lowest BCUT2D eigenvalue weighted by molar-refractivity contribution is -0.385. The zero-order valence-electron chi connectivity index (χ0n) is 20.6. The summed E-state index contributed by atoms with van der Waals surface area (Å²) < 4.78 is 7.06. The summed E-state index contributed by atoms with van der Waals surface area (Å²) in [6, 6.07) is 16.4. The van der Waals surface area contributed by atoms with Crippen molar-refractivity contribution in [2.45, 2.75) is 30.8 Å². The number of thioether (sulfide) groups is 1. The smallest absolute Gasteiger partial charge is 0.273 e. The number of carbonyl (C=O) groups is 1. The topological polar surface area (TPSA) is 112 Å². The molecule has 1 amide bonds. The van der Waals surface area contributed by atoms with E-state index in [0.717, 1.165) is 11.3 Å². The minimum absolute atomic E-state index is 0.129. The number of amides is 1. The Balaban J connectivity index is 1.66. The van der Waals surface area contributed by atoms with Crippen LogP contribution in [0.1, 0.15) is 40.3 Å². The van der Waals surface area contributed by atoms with E-state index >= 15 is 0 Å². The number of ether oxygens (including phenoxy) is 1. The Morgan fingerprint density at radius 2 is 1.95 bits per heavy atom. The average Bonchev–Trinajstić information content (AvgIpc) is 3.33. The number of halogens is 2. The molecule has 0 fully saturated rings. The molecule has 3 aromatic carbocycles. The molecule has 9 nitrogen and oxygen atoms in total. The maximum atomic E-state index is 13.0. The third kappa shape index (κ3) is 6.09. The summed E-state index contributed by atoms with van der Waals surface area (Å²) in [5.41, 5.74) is 2.07. The predicted octanol–water partition coefficient (Wildman–Crippen LogP) is 6.58. The van der Waals surface area contributed by atoms with Gasteiger partial charge < -0.3 is 10.1 Å². The summed E-state index contributed by atoms with van der Waals surface area (Å²) in [7, 11) is 1.61. The van der Waals surface area contributed by atoms with E-state index in [4.69, 9.17) is 27.9 Å². The van der Waals surface area contributed by atoms with Gasteiger partial charge in [0.1, 0.15) is 5.75 Å². The van der Waals surface area contributed by atoms with Crippen LogP contribution in [-0.4, -0.2) is 32.7 Å². The van der Waals surface area contributed by atoms with Gasteiger partial charge in [0, 0.05) is 28.0 Å². The molecule has 1 atom stereocenters. The highest BCUT2D eigenvalue weighted by atomic mass is 35.5. The number of nitro groups is 1. The van der Waals surface area contributed by atoms with Gasteiger partial charge >= 0.3 is 0 Å². The van der Waals surface area contributed by atoms with Crippen molar-refractivity contribution < 1.29 is 14.5 Å². The maximum absolute atomic E-state index is 13.0. The summed E-state index contributed by atoms with van der Waals surface area (Å²) in [5, 5.41) is 24.3. The molecule has 4 rings (SSSR count). The lowest BCUT2D eigenvalue weighted by Crippen LogP contribution is -2.28. The fourth-order valence-electron chi connectivity index (χ4n) is 3.74. The molecule has 196 valence electrons. The van der Waals surface area contributed by atoms with Gasteiger partial charge in [-0.2, -0.15) is 0 Å². The van der Waals surface area contributed by atoms with Crippen molar-refractivity contribution in [3.05, 3.63) is 103 Å². The Kier molecular flexibility index (Phi) is 8.55. The minimum atomic E-state index is -0.628. The zero-order valence-corrected chi connectivity index (χ0v) is 23.0. The molecule has 12 heteroatoms. The molecule has 0 saturated heterocycles. The van der Waals surface area contributed by atoms with Crippen molar-refractivity contribution in [3.8, 4) is 11.4 Å². The largest absolute Gasteiger partial charge is 0.497 e. The molecule has 0 radical (unpaired) electrons. The van der Waals surface area contributed by atoms with Gasteiger partial charge in [0.25, 0.3) is 11.6 Å². The summed E-state index contributed by atoms with van der Waals surface area (Å²) in [6.45, 7) is 3.36. The third-order valence-electron chi connectivity index (χ3n) is 5.71. The molecular formula is C26H23Cl2N5O4S. The van der Waals surface area contributed by atoms with Gasteiger partial charge in [0.2, 0.25) is 0 Å². The van der Waals surface area contributed by atoms with Crippen LogP contribution in [0.5, 0.6) is 5.75 Å². The first kappa shape index (κ1) is 27.4. The molecule has 0 spiro atoms. The molecule has 0 saturated carbocycles. The summed E-state index contributed by atoms with van der Waals surface area (Å²) in [6.07, 6.45) is 0. The third-order valence-corrected chi connectivity index (χ3v) is 7.27. The van der Waals surface area contributed by atoms with Crippen molar-refractivity contribution in [1.82, 2.24) is 20.1 Å². The first-order valence-corrected chi connectivity index (χ1v) is 13.1. The van der Waals surface area contributed by atoms with Crippen LogP contribution in [-0.2, 0) is 5.75 Å². The van der Waals surface area contributed by atoms with Crippen LogP contribution in [0.2, 0.25) is 10.0 Å². The Labute approximate surface area is 233 Å². The summed E-state index contributed by atoms with van der Waals surface area (Å²) in [4.78, 5) is 23.8. The van der Waals surface area contributed by atoms with Gasteiger partial charge in [-0.25, -0.2) is 0 Å². The van der Waals surface area contributed by atoms with Gasteiger partial charge in [0.05, 0.1) is 28.8 Å². The van der Waals surface area contributed by atoms with E-state index in [2.05, 4.69) is 15.5 Å². The predicted molar refractivity (Wildman–Crippen MR) is 148 cm³/mol. The number of nitrogens with zero attached hydrogens (tertiary/aromatic N) is 4. The molecule has 0 aliphatic heterocycles. The standard InChI is InChI=1S/C26H23Cl2N5O4S/c1-15-7-8-18(12-22(15)33(35)36)25(34)29-16(2)24-30-31-26(32(24)23-13-19(27)9-10-21(23)28)38-14-17-5-4-6-20(11-17)37-3/h4-13,16H,14H2,1-3H3,(H,29,34). The second kappa shape index (κ2) is 11.8. The number of benzene rings is 3. The van der Waals surface area contributed by atoms with Crippen LogP contribution < -0.4 is 10.1 Å². The number of aromatic nitrogens is 3. The van der Waals surface area contributed by atoms with Crippen LogP contribution in [0.4, 0.5) is 5.69 Å². The molecule has 4 aromatic rings. The van der Waals surface area contributed by atoms with Crippen LogP contribution in [0.25, 0.3) is 5.69 Å². The molecular weight excluding hydrogens is 549 g/mol. The van der Waals surface area contributed by atoms with Gasteiger partial charge in [-0.05, 0) is 55.8 Å². The van der Waals surface area contributed by atoms with Gasteiger partial charge in [-0.15, -0.1) is 10.2 Å². The number of aryl methyl sites for hydroxylation is 1. The van der Waals surface area contributed by atoms with Crippen LogP contribution >= 0.6 is 35.0 Å². The highest BCUT2D eigenvalue weighted by Crippen LogP contribution is 2.33. The zero-order chi connectivity index (χ0) is 27.4. The second-order valence-electron chi connectivity index (χ2n) is 8.37. The van der Waals surface area contributed by atoms with Gasteiger partial charge in [-0.1, -0.05) is 53.2 Å². The van der Waals surface area contributed by atoms with E-state index < -0.39 is 16.9 Å². The van der Waals surface area contributed by atoms with Crippen molar-refractivity contribution in [3.63, 3.8) is 0 Å². The van der Waals surface area contributed by atoms with E-state index in [1.807, 2.05) is 24.3 Å². The first-order chi connectivity index (χ1) is 18.2. The molecule has 1 unspecified atom stereocenters. The van der Waals surface area contributed by atoms with E-state index in [1.54, 1.807) is 55.9 Å². The van der Waals surface area contributed by atoms with Crippen LogP contribution in [0, 0.1) is 17.0 Å². The minimum Gasteiger partial charge on any atom is -0.497 e. The molecule has 1 heterocycles. The molecule has 1 N–H and O–H groups in total. The lowest BCUT2D eigenvalue weighted by Gasteiger charge is -2.17. The normalized spacial score (nSPS) is 11.7. The Morgan fingerprint density at radius 3 is 2.68 bits per heavy atom. The van der Waals surface area contributed by atoms with Crippen molar-refractivity contribution in [2.24, 2.45) is 0 Å². The number of hydrogen-bond donors (Lipinski definition) is 1. The van der Waals surface area contributed by atoms with Crippen molar-refractivity contribution >= 4 is 46.6 Å². The number of nitrogens with one attached hydrogen (secondary N) is 1. The number of carbonyl (C=O) groups excluding carboxylic acids is 1. The number of methoxy groups -OCH3 is 1. The fraction of sp³-hybridized carbons (Fsp3) is 0.192. The molecule has 38 heavy (non-hydrogen) atoms. The maximum Gasteiger partial charge on any atom is 0.273 e. The average molecular weight is 572 g/mol. The van der Waals surface area contributed by atoms with Crippen molar-refractivity contribution in [1.29, 1.82) is 0 Å². The first-order valence-electron chi connectivity index (χ1n) is 11.4. The SMILES string of the molecule is COc1cccc(CSc2nnc(C(C)NC(=O)c3ccc(C)c([N+](=O)[O-])c3)n2-c2cc(Cl)ccc2Cl)c1. The van der Waals surface area contributed by atoms with E-state index in [9.17, 15) is 14.9 Å². The quantitative estimate of drug-likeness (QED) is 0.137. The van der Waals surface area contributed by atoms with Crippen molar-refractivity contribution in [2.75, 3.05) is 7.11 Å². The fourth-order valence-corrected chi connectivity index (χ4v) is 5.00. The highest BCUT2D eigenvalue weighted by Gasteiger charge is 2.24. The Morgan fingerprint density at radius 1 is 1.16 bits per heavy atom. The van der Waals surface area contributed by atoms with Gasteiger partial charge in [0.15, 0.2) is 11.0 Å². The van der Waals surface area contributed by atoms with Crippen LogP contribution in [0.3, 0.4) is 0 Å². The number of rotatable bonds is 9. The van der Waals surface area contributed by atoms with E-state index in [-0.39, 0.29) is 11.3 Å². The Bertz CT molecular complexity index is 1510. The van der Waals surface area contributed by atoms with Gasteiger partial charge in [-0.3, -0.25) is 19.5 Å². The second-order valence-corrected chi connectivity index (χ2v) is 10.2. The lowest BCUT2D eigenvalue weighted by atomic mass is 10.1. The highest BCUT2D eigenvalue weighted by molar-refractivity contribution is 7.98. The van der Waals surface area contributed by atoms with E-state index in [0.29, 0.717) is 38.0 Å². The molecule has 0 aliphatic rings. The summed E-state index contributed by atoms with van der Waals surface area (Å²) in [5.74, 6) is 1.24. The Hall–Kier alpha value is -3.60.